The van der Waals surface area contributed by atoms with Crippen LogP contribution in [0.5, 0.6) is 0 Å². The first-order valence-corrected chi connectivity index (χ1v) is 14.6. The number of furan rings is 2. The summed E-state index contributed by atoms with van der Waals surface area (Å²) in [7, 11) is 0. The van der Waals surface area contributed by atoms with E-state index in [4.69, 9.17) is 8.83 Å². The number of carbonyl (C=O) groups excluding carboxylic acids is 1. The second-order valence-electron chi connectivity index (χ2n) is 12.1. The Labute approximate surface area is 248 Å². The highest BCUT2D eigenvalue weighted by Crippen LogP contribution is 2.44. The molecule has 2 heterocycles. The van der Waals surface area contributed by atoms with Gasteiger partial charge in [0.15, 0.2) is 5.78 Å². The Balaban J connectivity index is 1.14. The van der Waals surface area contributed by atoms with Crippen molar-refractivity contribution >= 4 is 49.7 Å². The molecule has 9 rings (SSSR count). The van der Waals surface area contributed by atoms with Crippen LogP contribution < -0.4 is 0 Å². The SMILES string of the molecule is CC1(C)c2ccc(-c3ccc4c(c3)oc3ccccc34)cc2C(=O)c2cc(-c3ccc4c(c3)oc3ccccc34)ccc21. The summed E-state index contributed by atoms with van der Waals surface area (Å²) in [5.41, 5.74) is 10.8. The Morgan fingerprint density at radius 1 is 0.442 bits per heavy atom. The number of hydrogen-bond acceptors (Lipinski definition) is 3. The molecule has 3 nitrogen and oxygen atoms in total. The molecule has 0 saturated heterocycles. The molecule has 0 fully saturated rings. The number of rotatable bonds is 2. The van der Waals surface area contributed by atoms with Gasteiger partial charge in [0, 0.05) is 38.1 Å². The largest absolute Gasteiger partial charge is 0.456 e. The normalized spacial score (nSPS) is 14.0. The quantitative estimate of drug-likeness (QED) is 0.213. The zero-order valence-corrected chi connectivity index (χ0v) is 23.8. The zero-order chi connectivity index (χ0) is 28.9. The number of ketones is 1. The summed E-state index contributed by atoms with van der Waals surface area (Å²) in [6.07, 6.45) is 0. The summed E-state index contributed by atoms with van der Waals surface area (Å²) in [5, 5.41) is 4.41. The maximum absolute atomic E-state index is 14.2. The minimum atomic E-state index is -0.318. The molecule has 8 aromatic rings. The van der Waals surface area contributed by atoms with Gasteiger partial charge in [-0.05, 0) is 81.9 Å². The molecule has 2 aromatic heterocycles. The first kappa shape index (κ1) is 24.2. The van der Waals surface area contributed by atoms with Crippen LogP contribution in [0.3, 0.4) is 0 Å². The van der Waals surface area contributed by atoms with Crippen LogP contribution >= 0.6 is 0 Å². The third-order valence-corrected chi connectivity index (χ3v) is 9.30. The fourth-order valence-electron chi connectivity index (χ4n) is 7.01. The Hall–Kier alpha value is -5.41. The highest BCUT2D eigenvalue weighted by molar-refractivity contribution is 6.14. The van der Waals surface area contributed by atoms with E-state index in [1.54, 1.807) is 0 Å². The molecule has 204 valence electrons. The number of carbonyl (C=O) groups is 1. The van der Waals surface area contributed by atoms with Gasteiger partial charge in [-0.1, -0.05) is 86.6 Å². The Kier molecular flexibility index (Phi) is 4.82. The molecule has 43 heavy (non-hydrogen) atoms. The van der Waals surface area contributed by atoms with E-state index >= 15 is 0 Å². The van der Waals surface area contributed by atoms with Crippen molar-refractivity contribution in [2.45, 2.75) is 19.3 Å². The average molecular weight is 555 g/mol. The molecule has 0 atom stereocenters. The van der Waals surface area contributed by atoms with E-state index < -0.39 is 0 Å². The molecule has 3 heteroatoms. The number of hydrogen-bond donors (Lipinski definition) is 0. The molecule has 0 amide bonds. The molecule has 0 saturated carbocycles. The summed E-state index contributed by atoms with van der Waals surface area (Å²) in [4.78, 5) is 14.2. The van der Waals surface area contributed by atoms with E-state index in [0.29, 0.717) is 0 Å². The predicted molar refractivity (Wildman–Crippen MR) is 174 cm³/mol. The maximum atomic E-state index is 14.2. The van der Waals surface area contributed by atoms with E-state index in [1.807, 2.05) is 36.4 Å². The van der Waals surface area contributed by atoms with Gasteiger partial charge in [-0.2, -0.15) is 0 Å². The summed E-state index contributed by atoms with van der Waals surface area (Å²) in [6, 6.07) is 41.4. The van der Waals surface area contributed by atoms with Crippen LogP contribution in [-0.2, 0) is 5.41 Å². The molecule has 0 bridgehead atoms. The summed E-state index contributed by atoms with van der Waals surface area (Å²) in [5.74, 6) is 0.0580. The minimum Gasteiger partial charge on any atom is -0.456 e. The molecule has 0 aliphatic heterocycles. The van der Waals surface area contributed by atoms with Crippen LogP contribution in [0.25, 0.3) is 66.1 Å². The monoisotopic (exact) mass is 554 g/mol. The van der Waals surface area contributed by atoms with Crippen molar-refractivity contribution in [1.82, 2.24) is 0 Å². The van der Waals surface area contributed by atoms with Gasteiger partial charge in [0.05, 0.1) is 0 Å². The highest BCUT2D eigenvalue weighted by Gasteiger charge is 2.37. The van der Waals surface area contributed by atoms with E-state index in [9.17, 15) is 4.79 Å². The maximum Gasteiger partial charge on any atom is 0.193 e. The predicted octanol–water partition coefficient (Wildman–Crippen LogP) is 10.7. The lowest BCUT2D eigenvalue weighted by atomic mass is 9.67. The summed E-state index contributed by atoms with van der Waals surface area (Å²) < 4.78 is 12.3. The van der Waals surface area contributed by atoms with Crippen LogP contribution in [0.2, 0.25) is 0 Å². The van der Waals surface area contributed by atoms with Crippen molar-refractivity contribution in [3.05, 3.63) is 144 Å². The van der Waals surface area contributed by atoms with Gasteiger partial charge in [-0.15, -0.1) is 0 Å². The lowest BCUT2D eigenvalue weighted by Gasteiger charge is -2.35. The summed E-state index contributed by atoms with van der Waals surface area (Å²) >= 11 is 0. The third kappa shape index (κ3) is 3.45. The highest BCUT2D eigenvalue weighted by atomic mass is 16.3. The lowest BCUT2D eigenvalue weighted by Crippen LogP contribution is -2.30. The molecule has 0 unspecified atom stereocenters. The zero-order valence-electron chi connectivity index (χ0n) is 23.8. The molecular formula is C40H26O3. The van der Waals surface area contributed by atoms with Crippen molar-refractivity contribution in [2.24, 2.45) is 0 Å². The first-order chi connectivity index (χ1) is 21.0. The lowest BCUT2D eigenvalue weighted by molar-refractivity contribution is 0.103. The van der Waals surface area contributed by atoms with Crippen molar-refractivity contribution in [2.75, 3.05) is 0 Å². The summed E-state index contributed by atoms with van der Waals surface area (Å²) in [6.45, 7) is 4.41. The van der Waals surface area contributed by atoms with Crippen molar-refractivity contribution < 1.29 is 13.6 Å². The molecule has 0 spiro atoms. The molecule has 1 aliphatic carbocycles. The van der Waals surface area contributed by atoms with E-state index in [-0.39, 0.29) is 11.2 Å². The van der Waals surface area contributed by atoms with E-state index in [2.05, 4.69) is 98.8 Å². The Morgan fingerprint density at radius 2 is 0.837 bits per heavy atom. The third-order valence-electron chi connectivity index (χ3n) is 9.30. The van der Waals surface area contributed by atoms with Crippen molar-refractivity contribution in [3.8, 4) is 22.3 Å². The molecule has 0 N–H and O–H groups in total. The van der Waals surface area contributed by atoms with Gasteiger partial charge in [0.1, 0.15) is 22.3 Å². The number of para-hydroxylation sites is 2. The van der Waals surface area contributed by atoms with Crippen LogP contribution in [-0.4, -0.2) is 5.78 Å². The van der Waals surface area contributed by atoms with Crippen LogP contribution in [0.15, 0.2) is 130 Å². The van der Waals surface area contributed by atoms with Crippen molar-refractivity contribution in [3.63, 3.8) is 0 Å². The Morgan fingerprint density at radius 3 is 1.33 bits per heavy atom. The van der Waals surface area contributed by atoms with Gasteiger partial charge < -0.3 is 8.83 Å². The second-order valence-corrected chi connectivity index (χ2v) is 12.1. The van der Waals surface area contributed by atoms with Gasteiger partial charge >= 0.3 is 0 Å². The fraction of sp³-hybridized carbons (Fsp3) is 0.0750. The van der Waals surface area contributed by atoms with E-state index in [0.717, 1.165) is 88.4 Å². The van der Waals surface area contributed by atoms with Crippen LogP contribution in [0.1, 0.15) is 40.9 Å². The second kappa shape index (κ2) is 8.56. The molecule has 6 aromatic carbocycles. The molecular weight excluding hydrogens is 528 g/mol. The standard InChI is InChI=1S/C40H26O3/c1-40(2)33-17-13-23(25-11-15-29-27-7-3-5-9-35(27)42-37(29)21-25)19-31(33)39(41)32-20-24(14-18-34(32)40)26-12-16-30-28-8-4-6-10-36(28)43-38(30)22-26/h3-22H,1-2H3. The Bertz CT molecular complexity index is 2280. The van der Waals surface area contributed by atoms with Gasteiger partial charge in [0.2, 0.25) is 0 Å². The molecule has 1 aliphatic rings. The van der Waals surface area contributed by atoms with Gasteiger partial charge in [-0.25, -0.2) is 0 Å². The van der Waals surface area contributed by atoms with Crippen molar-refractivity contribution in [1.29, 1.82) is 0 Å². The first-order valence-electron chi connectivity index (χ1n) is 14.6. The van der Waals surface area contributed by atoms with Gasteiger partial charge in [-0.3, -0.25) is 4.79 Å². The molecule has 0 radical (unpaired) electrons. The fourth-order valence-corrected chi connectivity index (χ4v) is 7.01. The topological polar surface area (TPSA) is 43.4 Å². The van der Waals surface area contributed by atoms with E-state index in [1.165, 1.54) is 0 Å². The number of benzene rings is 6. The van der Waals surface area contributed by atoms with Gasteiger partial charge in [0.25, 0.3) is 0 Å². The minimum absolute atomic E-state index is 0.0580. The van der Waals surface area contributed by atoms with Crippen LogP contribution in [0, 0.1) is 0 Å². The average Bonchev–Trinajstić information content (AvgIpc) is 3.60. The van der Waals surface area contributed by atoms with Crippen LogP contribution in [0.4, 0.5) is 0 Å². The smallest absolute Gasteiger partial charge is 0.193 e. The number of fused-ring (bicyclic) bond motifs is 8.